The zero-order valence-electron chi connectivity index (χ0n) is 13.0. The first kappa shape index (κ1) is 12.9. The van der Waals surface area contributed by atoms with Crippen molar-refractivity contribution in [3.05, 3.63) is 23.8 Å². The largest absolute Gasteiger partial charge is 0.321 e. The molecule has 0 radical (unpaired) electrons. The molecule has 1 spiro atoms. The van der Waals surface area contributed by atoms with E-state index in [9.17, 15) is 0 Å². The first-order valence-electron chi connectivity index (χ1n) is 9.09. The van der Waals surface area contributed by atoms with Crippen LogP contribution in [0, 0.1) is 17.8 Å². The van der Waals surface area contributed by atoms with Gasteiger partial charge in [-0.25, -0.2) is 0 Å². The summed E-state index contributed by atoms with van der Waals surface area (Å²) in [5.41, 5.74) is 10.5. The number of nitrogens with one attached hydrogen (secondary N) is 1. The summed E-state index contributed by atoms with van der Waals surface area (Å²) in [6.07, 6.45) is 14.3. The van der Waals surface area contributed by atoms with Crippen LogP contribution in [0.25, 0.3) is 0 Å². The van der Waals surface area contributed by atoms with E-state index in [1.807, 2.05) is 0 Å². The Labute approximate surface area is 128 Å². The third kappa shape index (κ3) is 1.56. The summed E-state index contributed by atoms with van der Waals surface area (Å²) in [6.45, 7) is 4.19. The van der Waals surface area contributed by atoms with E-state index >= 15 is 0 Å². The van der Waals surface area contributed by atoms with Crippen molar-refractivity contribution >= 4 is 0 Å². The van der Waals surface area contributed by atoms with Crippen molar-refractivity contribution < 1.29 is 0 Å². The second-order valence-electron chi connectivity index (χ2n) is 8.49. The molecule has 1 saturated heterocycles. The van der Waals surface area contributed by atoms with Crippen molar-refractivity contribution in [3.63, 3.8) is 0 Å². The zero-order valence-corrected chi connectivity index (χ0v) is 13.0. The fraction of sp³-hybridized carbons (Fsp3) is 0.789. The van der Waals surface area contributed by atoms with Crippen LogP contribution in [0.2, 0.25) is 0 Å². The lowest BCUT2D eigenvalue weighted by atomic mass is 9.57. The van der Waals surface area contributed by atoms with Crippen molar-refractivity contribution in [1.82, 2.24) is 5.32 Å². The van der Waals surface area contributed by atoms with Gasteiger partial charge in [0, 0.05) is 17.1 Å². The maximum atomic E-state index is 7.06. The molecule has 0 amide bonds. The van der Waals surface area contributed by atoms with Crippen molar-refractivity contribution in [2.75, 3.05) is 0 Å². The van der Waals surface area contributed by atoms with E-state index in [-0.39, 0.29) is 5.54 Å². The van der Waals surface area contributed by atoms with E-state index in [4.69, 9.17) is 5.73 Å². The normalized spacial score (nSPS) is 54.7. The Kier molecular flexibility index (Phi) is 2.47. The number of rotatable bonds is 0. The molecule has 2 nitrogen and oxygen atoms in total. The molecule has 21 heavy (non-hydrogen) atoms. The average molecular weight is 284 g/mol. The molecular weight excluding hydrogens is 256 g/mol. The Morgan fingerprint density at radius 3 is 2.86 bits per heavy atom. The van der Waals surface area contributed by atoms with Crippen LogP contribution < -0.4 is 11.1 Å². The van der Waals surface area contributed by atoms with E-state index in [1.165, 1.54) is 56.1 Å². The van der Waals surface area contributed by atoms with Gasteiger partial charge < -0.3 is 11.1 Å². The summed E-state index contributed by atoms with van der Waals surface area (Å²) in [5.74, 6) is 2.53. The number of nitrogens with two attached hydrogens (primary N) is 1. The minimum atomic E-state index is 0.00259. The summed E-state index contributed by atoms with van der Waals surface area (Å²) < 4.78 is 0. The predicted molar refractivity (Wildman–Crippen MR) is 85.8 cm³/mol. The highest BCUT2D eigenvalue weighted by Gasteiger charge is 2.66. The van der Waals surface area contributed by atoms with E-state index in [1.54, 1.807) is 0 Å². The van der Waals surface area contributed by atoms with Gasteiger partial charge in [-0.05, 0) is 74.7 Å². The van der Waals surface area contributed by atoms with Gasteiger partial charge in [-0.2, -0.15) is 0 Å². The lowest BCUT2D eigenvalue weighted by Gasteiger charge is -2.51. The van der Waals surface area contributed by atoms with Crippen molar-refractivity contribution in [3.8, 4) is 0 Å². The summed E-state index contributed by atoms with van der Waals surface area (Å²) in [5, 5.41) is 3.88. The lowest BCUT2D eigenvalue weighted by Crippen LogP contribution is -2.56. The molecule has 4 aliphatic carbocycles. The monoisotopic (exact) mass is 284 g/mol. The van der Waals surface area contributed by atoms with E-state index in [0.29, 0.717) is 5.54 Å². The number of piperidine rings is 1. The van der Waals surface area contributed by atoms with Gasteiger partial charge in [-0.1, -0.05) is 24.6 Å². The summed E-state index contributed by atoms with van der Waals surface area (Å²) in [7, 11) is 0. The fourth-order valence-electron chi connectivity index (χ4n) is 6.79. The van der Waals surface area contributed by atoms with Crippen LogP contribution in [0.1, 0.15) is 57.8 Å². The molecule has 2 heteroatoms. The SMILES string of the molecule is C=C1C=C2CCC3C(CCCC45NC4CCC35)C2(N)CC1. The lowest BCUT2D eigenvalue weighted by molar-refractivity contribution is 0.0977. The van der Waals surface area contributed by atoms with Gasteiger partial charge >= 0.3 is 0 Å². The van der Waals surface area contributed by atoms with Crippen LogP contribution in [0.15, 0.2) is 23.8 Å². The maximum absolute atomic E-state index is 7.06. The summed E-state index contributed by atoms with van der Waals surface area (Å²) in [4.78, 5) is 0. The number of fused-ring (bicyclic) bond motifs is 4. The molecule has 5 rings (SSSR count). The van der Waals surface area contributed by atoms with Gasteiger partial charge in [0.25, 0.3) is 0 Å². The third-order valence-corrected chi connectivity index (χ3v) is 7.79. The quantitative estimate of drug-likeness (QED) is 0.671. The standard InChI is InChI=1S/C19H28N2/c1-12-8-10-18(20)13(11-12)4-5-14-15(18)3-2-9-19-16(14)6-7-17(19)21-19/h11,14-17,21H,1-10,20H2. The van der Waals surface area contributed by atoms with E-state index < -0.39 is 0 Å². The van der Waals surface area contributed by atoms with Gasteiger partial charge in [-0.3, -0.25) is 0 Å². The molecule has 6 atom stereocenters. The Bertz CT molecular complexity index is 536. The van der Waals surface area contributed by atoms with Crippen LogP contribution >= 0.6 is 0 Å². The molecule has 0 aromatic carbocycles. The molecule has 6 unspecified atom stereocenters. The highest BCUT2D eigenvalue weighted by Crippen LogP contribution is 2.61. The number of hydrogen-bond acceptors (Lipinski definition) is 2. The van der Waals surface area contributed by atoms with Crippen molar-refractivity contribution in [1.29, 1.82) is 0 Å². The minimum absolute atomic E-state index is 0.00259. The van der Waals surface area contributed by atoms with Crippen molar-refractivity contribution in [2.24, 2.45) is 23.5 Å². The molecule has 0 aromatic heterocycles. The molecule has 3 N–H and O–H groups in total. The van der Waals surface area contributed by atoms with Gasteiger partial charge in [0.1, 0.15) is 0 Å². The molecule has 0 aromatic rings. The van der Waals surface area contributed by atoms with Crippen LogP contribution in [0.3, 0.4) is 0 Å². The van der Waals surface area contributed by atoms with Crippen LogP contribution in [0.4, 0.5) is 0 Å². The molecule has 3 saturated carbocycles. The van der Waals surface area contributed by atoms with Crippen LogP contribution in [-0.2, 0) is 0 Å². The Hall–Kier alpha value is -0.600. The minimum Gasteiger partial charge on any atom is -0.321 e. The molecular formula is C19H28N2. The molecule has 114 valence electrons. The third-order valence-electron chi connectivity index (χ3n) is 7.79. The maximum Gasteiger partial charge on any atom is 0.0406 e. The first-order chi connectivity index (χ1) is 10.1. The Morgan fingerprint density at radius 1 is 1.10 bits per heavy atom. The summed E-state index contributed by atoms with van der Waals surface area (Å²) in [6, 6.07) is 0.859. The fourth-order valence-corrected chi connectivity index (χ4v) is 6.79. The molecule has 1 heterocycles. The van der Waals surface area contributed by atoms with E-state index in [0.717, 1.165) is 36.6 Å². The number of allylic oxidation sites excluding steroid dienone is 2. The van der Waals surface area contributed by atoms with Crippen LogP contribution in [-0.4, -0.2) is 17.1 Å². The predicted octanol–water partition coefficient (Wildman–Crippen LogP) is 3.29. The zero-order chi connectivity index (χ0) is 14.2. The second kappa shape index (κ2) is 4.02. The Morgan fingerprint density at radius 2 is 2.00 bits per heavy atom. The Balaban J connectivity index is 1.54. The molecule has 0 bridgehead atoms. The number of hydrogen-bond donors (Lipinski definition) is 2. The first-order valence-corrected chi connectivity index (χ1v) is 9.09. The summed E-state index contributed by atoms with van der Waals surface area (Å²) >= 11 is 0. The van der Waals surface area contributed by atoms with Gasteiger partial charge in [0.05, 0.1) is 0 Å². The molecule has 5 aliphatic rings. The topological polar surface area (TPSA) is 48.0 Å². The van der Waals surface area contributed by atoms with Gasteiger partial charge in [-0.15, -0.1) is 0 Å². The van der Waals surface area contributed by atoms with Gasteiger partial charge in [0.15, 0.2) is 0 Å². The highest BCUT2D eigenvalue weighted by molar-refractivity contribution is 5.37. The van der Waals surface area contributed by atoms with Gasteiger partial charge in [0.2, 0.25) is 0 Å². The average Bonchev–Trinajstić information content (AvgIpc) is 3.12. The highest BCUT2D eigenvalue weighted by atomic mass is 15.2. The molecule has 4 fully saturated rings. The smallest absolute Gasteiger partial charge is 0.0406 e. The second-order valence-corrected chi connectivity index (χ2v) is 8.49. The molecule has 1 aliphatic heterocycles. The van der Waals surface area contributed by atoms with Crippen LogP contribution in [0.5, 0.6) is 0 Å². The van der Waals surface area contributed by atoms with Crippen molar-refractivity contribution in [2.45, 2.75) is 74.9 Å². The van der Waals surface area contributed by atoms with E-state index in [2.05, 4.69) is 18.0 Å².